The summed E-state index contributed by atoms with van der Waals surface area (Å²) in [6.45, 7) is 0. The van der Waals surface area contributed by atoms with Gasteiger partial charge in [-0.1, -0.05) is 12.1 Å². The van der Waals surface area contributed by atoms with E-state index in [1.54, 1.807) is 11.1 Å². The largest absolute Gasteiger partial charge is 0.315 e. The Labute approximate surface area is 82.1 Å². The van der Waals surface area contributed by atoms with E-state index in [-0.39, 0.29) is 5.91 Å². The Kier molecular flexibility index (Phi) is 1.48. The van der Waals surface area contributed by atoms with Gasteiger partial charge in [0.25, 0.3) is 0 Å². The van der Waals surface area contributed by atoms with Crippen LogP contribution >= 0.6 is 0 Å². The van der Waals surface area contributed by atoms with Gasteiger partial charge in [-0.2, -0.15) is 0 Å². The minimum absolute atomic E-state index is 0.227. The summed E-state index contributed by atoms with van der Waals surface area (Å²) in [5.74, 6) is 0.526. The first kappa shape index (κ1) is 7.74. The van der Waals surface area contributed by atoms with Crippen LogP contribution in [0.3, 0.4) is 0 Å². The van der Waals surface area contributed by atoms with Gasteiger partial charge in [0.2, 0.25) is 5.91 Å². The molecule has 1 aromatic rings. The quantitative estimate of drug-likeness (QED) is 0.619. The molecule has 70 valence electrons. The minimum atomic E-state index is 0.227. The van der Waals surface area contributed by atoms with Gasteiger partial charge in [0.15, 0.2) is 0 Å². The molecule has 3 nitrogen and oxygen atoms in total. The van der Waals surface area contributed by atoms with Crippen molar-refractivity contribution < 1.29 is 4.79 Å². The lowest BCUT2D eigenvalue weighted by molar-refractivity contribution is -0.140. The van der Waals surface area contributed by atoms with Crippen molar-refractivity contribution >= 4 is 5.91 Å². The zero-order valence-electron chi connectivity index (χ0n) is 7.63. The number of amides is 1. The molecule has 2 aliphatic rings. The molecule has 3 heterocycles. The zero-order chi connectivity index (χ0) is 9.54. The maximum absolute atomic E-state index is 11.1. The van der Waals surface area contributed by atoms with Crippen molar-refractivity contribution in [1.82, 2.24) is 9.88 Å². The van der Waals surface area contributed by atoms with Crippen molar-refractivity contribution in [2.45, 2.75) is 18.4 Å². The molecular formula is C11H10N2O. The zero-order valence-corrected chi connectivity index (χ0v) is 7.63. The van der Waals surface area contributed by atoms with Crippen molar-refractivity contribution in [3.63, 3.8) is 0 Å². The third kappa shape index (κ3) is 0.923. The number of aromatic nitrogens is 1. The highest BCUT2D eigenvalue weighted by atomic mass is 16.2. The Hall–Kier alpha value is -1.64. The van der Waals surface area contributed by atoms with Crippen LogP contribution in [0, 0.1) is 0 Å². The smallest absolute Gasteiger partial charge is 0.228 e. The number of β-lactam (4-membered cyclic amide) rings is 1. The fraction of sp³-hybridized carbons (Fsp3) is 0.273. The van der Waals surface area contributed by atoms with Crippen LogP contribution in [-0.2, 0) is 4.79 Å². The molecule has 3 rings (SSSR count). The molecule has 1 amide bonds. The van der Waals surface area contributed by atoms with Crippen molar-refractivity contribution in [3.8, 4) is 0 Å². The first-order chi connectivity index (χ1) is 6.86. The van der Waals surface area contributed by atoms with Gasteiger partial charge in [0, 0.05) is 30.4 Å². The number of pyridine rings is 1. The summed E-state index contributed by atoms with van der Waals surface area (Å²) in [4.78, 5) is 17.3. The molecule has 2 aliphatic heterocycles. The van der Waals surface area contributed by atoms with E-state index in [0.717, 1.165) is 5.69 Å². The minimum Gasteiger partial charge on any atom is -0.315 e. The first-order valence-electron chi connectivity index (χ1n) is 4.77. The van der Waals surface area contributed by atoms with Crippen molar-refractivity contribution in [2.24, 2.45) is 0 Å². The number of fused-ring (bicyclic) bond motifs is 1. The van der Waals surface area contributed by atoms with E-state index in [1.165, 1.54) is 0 Å². The van der Waals surface area contributed by atoms with Crippen LogP contribution < -0.4 is 0 Å². The molecule has 0 aromatic carbocycles. The molecule has 1 unspecified atom stereocenters. The first-order valence-corrected chi connectivity index (χ1v) is 4.77. The summed E-state index contributed by atoms with van der Waals surface area (Å²) < 4.78 is 0. The summed E-state index contributed by atoms with van der Waals surface area (Å²) in [5.41, 5.74) is 1.06. The lowest BCUT2D eigenvalue weighted by Crippen LogP contribution is -2.48. The molecule has 0 radical (unpaired) electrons. The molecule has 0 N–H and O–H groups in total. The standard InChI is InChI=1S/C11H10N2O/c14-11-7-10-8(4-6-13(10)11)9-3-1-2-5-12-9/h1-6,8,10H,7H2/t8?,10-/m0/s1. The Morgan fingerprint density at radius 2 is 2.36 bits per heavy atom. The van der Waals surface area contributed by atoms with Gasteiger partial charge in [-0.3, -0.25) is 9.78 Å². The van der Waals surface area contributed by atoms with Crippen LogP contribution in [0.4, 0.5) is 0 Å². The number of rotatable bonds is 1. The maximum atomic E-state index is 11.1. The molecular weight excluding hydrogens is 176 g/mol. The summed E-state index contributed by atoms with van der Waals surface area (Å²) in [5, 5.41) is 0. The van der Waals surface area contributed by atoms with E-state index in [4.69, 9.17) is 0 Å². The van der Waals surface area contributed by atoms with E-state index in [2.05, 4.69) is 11.1 Å². The SMILES string of the molecule is O=C1C[C@H]2C(c3ccccn3)C=CN12. The average Bonchev–Trinajstić information content (AvgIpc) is 2.56. The number of carbonyl (C=O) groups excluding carboxylic acids is 1. The van der Waals surface area contributed by atoms with Gasteiger partial charge in [-0.05, 0) is 12.1 Å². The molecule has 1 saturated heterocycles. The van der Waals surface area contributed by atoms with E-state index in [0.29, 0.717) is 18.4 Å². The summed E-state index contributed by atoms with van der Waals surface area (Å²) in [7, 11) is 0. The normalized spacial score (nSPS) is 28.9. The molecule has 1 fully saturated rings. The second-order valence-corrected chi connectivity index (χ2v) is 3.69. The molecule has 0 spiro atoms. The van der Waals surface area contributed by atoms with E-state index in [1.807, 2.05) is 24.4 Å². The van der Waals surface area contributed by atoms with Gasteiger partial charge in [-0.15, -0.1) is 0 Å². The molecule has 0 aliphatic carbocycles. The molecule has 2 atom stereocenters. The van der Waals surface area contributed by atoms with E-state index < -0.39 is 0 Å². The van der Waals surface area contributed by atoms with Crippen molar-refractivity contribution in [3.05, 3.63) is 42.4 Å². The Balaban J connectivity index is 1.90. The monoisotopic (exact) mass is 186 g/mol. The van der Waals surface area contributed by atoms with Crippen molar-refractivity contribution in [2.75, 3.05) is 0 Å². The van der Waals surface area contributed by atoms with E-state index in [9.17, 15) is 4.79 Å². The fourth-order valence-electron chi connectivity index (χ4n) is 2.13. The highest BCUT2D eigenvalue weighted by Crippen LogP contribution is 2.38. The summed E-state index contributed by atoms with van der Waals surface area (Å²) in [6.07, 6.45) is 6.41. The van der Waals surface area contributed by atoms with Crippen LogP contribution in [0.25, 0.3) is 0 Å². The number of hydrogen-bond donors (Lipinski definition) is 0. The fourth-order valence-corrected chi connectivity index (χ4v) is 2.13. The van der Waals surface area contributed by atoms with Gasteiger partial charge >= 0.3 is 0 Å². The summed E-state index contributed by atoms with van der Waals surface area (Å²) in [6, 6.07) is 6.24. The second-order valence-electron chi connectivity index (χ2n) is 3.69. The lowest BCUT2D eigenvalue weighted by Gasteiger charge is -2.36. The summed E-state index contributed by atoms with van der Waals surface area (Å²) >= 11 is 0. The number of hydrogen-bond acceptors (Lipinski definition) is 2. The van der Waals surface area contributed by atoms with Crippen molar-refractivity contribution in [1.29, 1.82) is 0 Å². The molecule has 14 heavy (non-hydrogen) atoms. The highest BCUT2D eigenvalue weighted by Gasteiger charge is 2.43. The Morgan fingerprint density at radius 3 is 3.00 bits per heavy atom. The second kappa shape index (κ2) is 2.67. The predicted octanol–water partition coefficient (Wildman–Crippen LogP) is 1.29. The van der Waals surface area contributed by atoms with E-state index >= 15 is 0 Å². The maximum Gasteiger partial charge on any atom is 0.228 e. The van der Waals surface area contributed by atoms with Crippen LogP contribution in [0.15, 0.2) is 36.7 Å². The van der Waals surface area contributed by atoms with Crippen LogP contribution in [0.2, 0.25) is 0 Å². The Bertz CT molecular complexity index is 399. The number of carbonyl (C=O) groups is 1. The third-order valence-corrected chi connectivity index (χ3v) is 2.93. The predicted molar refractivity (Wildman–Crippen MR) is 51.4 cm³/mol. The van der Waals surface area contributed by atoms with Crippen LogP contribution in [-0.4, -0.2) is 21.8 Å². The van der Waals surface area contributed by atoms with Gasteiger partial charge in [0.1, 0.15) is 0 Å². The molecule has 0 bridgehead atoms. The number of nitrogens with zero attached hydrogens (tertiary/aromatic N) is 2. The topological polar surface area (TPSA) is 33.2 Å². The Morgan fingerprint density at radius 1 is 1.43 bits per heavy atom. The molecule has 0 saturated carbocycles. The van der Waals surface area contributed by atoms with Gasteiger partial charge in [0.05, 0.1) is 6.04 Å². The van der Waals surface area contributed by atoms with Gasteiger partial charge in [-0.25, -0.2) is 0 Å². The van der Waals surface area contributed by atoms with Gasteiger partial charge < -0.3 is 4.90 Å². The van der Waals surface area contributed by atoms with Crippen LogP contribution in [0.5, 0.6) is 0 Å². The average molecular weight is 186 g/mol. The lowest BCUT2D eigenvalue weighted by atomic mass is 9.90. The third-order valence-electron chi connectivity index (χ3n) is 2.93. The molecule has 3 heteroatoms. The molecule has 1 aromatic heterocycles. The highest BCUT2D eigenvalue weighted by molar-refractivity contribution is 5.85. The van der Waals surface area contributed by atoms with Crippen LogP contribution in [0.1, 0.15) is 18.0 Å².